The number of hydrogen-bond acceptors (Lipinski definition) is 5. The lowest BCUT2D eigenvalue weighted by molar-refractivity contribution is 0.0371. The molecule has 0 saturated carbocycles. The van der Waals surface area contributed by atoms with Crippen LogP contribution >= 0.6 is 23.7 Å². The highest BCUT2D eigenvalue weighted by atomic mass is 35.5. The van der Waals surface area contributed by atoms with Crippen molar-refractivity contribution < 1.29 is 14.6 Å². The van der Waals surface area contributed by atoms with Crippen molar-refractivity contribution in [1.29, 1.82) is 0 Å². The molecule has 1 atom stereocenters. The lowest BCUT2D eigenvalue weighted by atomic mass is 10.1. The van der Waals surface area contributed by atoms with Crippen LogP contribution in [0, 0.1) is 0 Å². The molecule has 1 amide bonds. The molecule has 2 N–H and O–H groups in total. The third kappa shape index (κ3) is 5.24. The fraction of sp³-hybridized carbons (Fsp3) is 0.222. The Kier molecular flexibility index (Phi) is 7.33. The Morgan fingerprint density at radius 3 is 3.00 bits per heavy atom. The number of fused-ring (bicyclic) bond motifs is 1. The van der Waals surface area contributed by atoms with Gasteiger partial charge in [-0.3, -0.25) is 9.78 Å². The summed E-state index contributed by atoms with van der Waals surface area (Å²) >= 11 is 1.68. The summed E-state index contributed by atoms with van der Waals surface area (Å²) in [7, 11) is 0. The van der Waals surface area contributed by atoms with Crippen molar-refractivity contribution in [3.8, 4) is 0 Å². The molecule has 0 radical (unpaired) electrons. The largest absolute Gasteiger partial charge is 0.386 e. The number of aromatic nitrogens is 1. The fourth-order valence-electron chi connectivity index (χ4n) is 2.32. The molecule has 0 aliphatic carbocycles. The van der Waals surface area contributed by atoms with E-state index in [-0.39, 0.29) is 24.9 Å². The Morgan fingerprint density at radius 1 is 1.32 bits per heavy atom. The zero-order valence-corrected chi connectivity index (χ0v) is 15.1. The van der Waals surface area contributed by atoms with E-state index in [1.807, 2.05) is 29.6 Å². The van der Waals surface area contributed by atoms with Crippen molar-refractivity contribution >= 4 is 39.7 Å². The Balaban J connectivity index is 0.00000225. The normalized spacial score (nSPS) is 11.7. The van der Waals surface area contributed by atoms with Gasteiger partial charge in [-0.25, -0.2) is 0 Å². The number of carbonyl (C=O) groups excluding carboxylic acids is 1. The molecule has 0 aliphatic heterocycles. The maximum absolute atomic E-state index is 11.8. The van der Waals surface area contributed by atoms with Gasteiger partial charge in [0.25, 0.3) is 5.91 Å². The highest BCUT2D eigenvalue weighted by Crippen LogP contribution is 2.24. The van der Waals surface area contributed by atoms with E-state index in [9.17, 15) is 9.90 Å². The molecule has 0 aliphatic rings. The summed E-state index contributed by atoms with van der Waals surface area (Å²) < 4.78 is 6.65. The second-order valence-electron chi connectivity index (χ2n) is 5.31. The molecule has 1 unspecified atom stereocenters. The first-order valence-electron chi connectivity index (χ1n) is 7.65. The summed E-state index contributed by atoms with van der Waals surface area (Å²) in [6.45, 7) is 0.909. The molecule has 3 aromatic rings. The smallest absolute Gasteiger partial charge is 0.252 e. The first-order valence-corrected chi connectivity index (χ1v) is 8.53. The second-order valence-corrected chi connectivity index (χ2v) is 6.25. The van der Waals surface area contributed by atoms with Crippen LogP contribution in [-0.4, -0.2) is 35.8 Å². The van der Waals surface area contributed by atoms with Crippen molar-refractivity contribution in [3.63, 3.8) is 0 Å². The second kappa shape index (κ2) is 9.48. The zero-order valence-electron chi connectivity index (χ0n) is 13.4. The first kappa shape index (κ1) is 19.3. The number of benzene rings is 1. The quantitative estimate of drug-likeness (QED) is 0.619. The van der Waals surface area contributed by atoms with Crippen molar-refractivity contribution in [3.05, 3.63) is 65.3 Å². The molecule has 2 aromatic heterocycles. The molecule has 0 spiro atoms. The topological polar surface area (TPSA) is 71.5 Å². The molecule has 5 nitrogen and oxygen atoms in total. The molecule has 1 aromatic carbocycles. The average molecular weight is 379 g/mol. The minimum atomic E-state index is -0.677. The van der Waals surface area contributed by atoms with Crippen LogP contribution in [0.4, 0.5) is 0 Å². The number of aliphatic hydroxyl groups is 1. The van der Waals surface area contributed by atoms with Crippen LogP contribution < -0.4 is 5.32 Å². The van der Waals surface area contributed by atoms with Crippen LogP contribution in [0.3, 0.4) is 0 Å². The van der Waals surface area contributed by atoms with Gasteiger partial charge in [0.05, 0.1) is 18.8 Å². The van der Waals surface area contributed by atoms with Gasteiger partial charge in [-0.2, -0.15) is 0 Å². The highest BCUT2D eigenvalue weighted by Gasteiger charge is 2.09. The maximum atomic E-state index is 11.8. The number of thiophene rings is 1. The summed E-state index contributed by atoms with van der Waals surface area (Å²) in [5.74, 6) is -0.185. The van der Waals surface area contributed by atoms with E-state index in [1.165, 1.54) is 10.9 Å². The predicted octanol–water partition coefficient (Wildman–Crippen LogP) is 3.20. The van der Waals surface area contributed by atoms with Crippen molar-refractivity contribution in [2.24, 2.45) is 0 Å². The summed E-state index contributed by atoms with van der Waals surface area (Å²) in [5.41, 5.74) is 1.35. The molecule has 3 rings (SSSR count). The molecule has 132 valence electrons. The molecule has 25 heavy (non-hydrogen) atoms. The molecule has 0 bridgehead atoms. The number of nitrogens with one attached hydrogen (secondary N) is 1. The van der Waals surface area contributed by atoms with Crippen LogP contribution in [0.2, 0.25) is 0 Å². The minimum Gasteiger partial charge on any atom is -0.386 e. The van der Waals surface area contributed by atoms with E-state index in [2.05, 4.69) is 10.3 Å². The Labute approximate surface area is 156 Å². The number of ether oxygens (including phenoxy) is 1. The Morgan fingerprint density at radius 2 is 2.20 bits per heavy atom. The van der Waals surface area contributed by atoms with Gasteiger partial charge < -0.3 is 15.2 Å². The minimum absolute atomic E-state index is 0. The monoisotopic (exact) mass is 378 g/mol. The zero-order chi connectivity index (χ0) is 16.8. The first-order chi connectivity index (χ1) is 11.7. The predicted molar refractivity (Wildman–Crippen MR) is 101 cm³/mol. The SMILES string of the molecule is Cl.O=C(NCCOCC(O)c1ccc2sccc2c1)c1cccnc1. The summed E-state index contributed by atoms with van der Waals surface area (Å²) in [5, 5.41) is 16.1. The van der Waals surface area contributed by atoms with Gasteiger partial charge in [0.1, 0.15) is 6.10 Å². The van der Waals surface area contributed by atoms with Crippen molar-refractivity contribution in [2.45, 2.75) is 6.10 Å². The standard InChI is InChI=1S/C18H18N2O3S.ClH/c21-16(13-3-4-17-14(10-13)5-9-24-17)12-23-8-7-20-18(22)15-2-1-6-19-11-15;/h1-6,9-11,16,21H,7-8,12H2,(H,20,22);1H. The van der Waals surface area contributed by atoms with Crippen LogP contribution in [0.25, 0.3) is 10.1 Å². The number of hydrogen-bond donors (Lipinski definition) is 2. The number of rotatable bonds is 7. The van der Waals surface area contributed by atoms with E-state index in [1.54, 1.807) is 29.7 Å². The van der Waals surface area contributed by atoms with Crippen molar-refractivity contribution in [1.82, 2.24) is 10.3 Å². The van der Waals surface area contributed by atoms with Gasteiger partial charge in [0.2, 0.25) is 0 Å². The molecular weight excluding hydrogens is 360 g/mol. The van der Waals surface area contributed by atoms with E-state index >= 15 is 0 Å². The summed E-state index contributed by atoms with van der Waals surface area (Å²) in [4.78, 5) is 15.7. The number of amides is 1. The number of pyridine rings is 1. The lowest BCUT2D eigenvalue weighted by Gasteiger charge is -2.12. The molecule has 0 fully saturated rings. The third-order valence-electron chi connectivity index (χ3n) is 3.59. The van der Waals surface area contributed by atoms with Crippen LogP contribution in [0.1, 0.15) is 22.0 Å². The average Bonchev–Trinajstić information content (AvgIpc) is 3.09. The third-order valence-corrected chi connectivity index (χ3v) is 4.49. The molecular formula is C18H19ClN2O3S. The summed E-state index contributed by atoms with van der Waals surface area (Å²) in [6.07, 6.45) is 2.46. The van der Waals surface area contributed by atoms with Gasteiger partial charge in [-0.15, -0.1) is 23.7 Å². The number of carbonyl (C=O) groups is 1. The number of aliphatic hydroxyl groups excluding tert-OH is 1. The molecule has 7 heteroatoms. The lowest BCUT2D eigenvalue weighted by Crippen LogP contribution is -2.27. The maximum Gasteiger partial charge on any atom is 0.252 e. The van der Waals surface area contributed by atoms with Crippen molar-refractivity contribution in [2.75, 3.05) is 19.8 Å². The van der Waals surface area contributed by atoms with Gasteiger partial charge in [0, 0.05) is 23.6 Å². The van der Waals surface area contributed by atoms with Gasteiger partial charge in [-0.1, -0.05) is 6.07 Å². The fourth-order valence-corrected chi connectivity index (χ4v) is 3.09. The van der Waals surface area contributed by atoms with Crippen LogP contribution in [0.5, 0.6) is 0 Å². The van der Waals surface area contributed by atoms with Gasteiger partial charge >= 0.3 is 0 Å². The molecule has 0 saturated heterocycles. The van der Waals surface area contributed by atoms with Crippen LogP contribution in [0.15, 0.2) is 54.2 Å². The van der Waals surface area contributed by atoms with E-state index in [0.717, 1.165) is 10.9 Å². The van der Waals surface area contributed by atoms with E-state index in [0.29, 0.717) is 18.7 Å². The Hall–Kier alpha value is -1.99. The van der Waals surface area contributed by atoms with E-state index < -0.39 is 6.10 Å². The van der Waals surface area contributed by atoms with E-state index in [4.69, 9.17) is 4.74 Å². The number of halogens is 1. The highest BCUT2D eigenvalue weighted by molar-refractivity contribution is 7.17. The molecule has 2 heterocycles. The van der Waals surface area contributed by atoms with Gasteiger partial charge in [-0.05, 0) is 46.7 Å². The Bertz CT molecular complexity index is 810. The van der Waals surface area contributed by atoms with Crippen LogP contribution in [-0.2, 0) is 4.74 Å². The van der Waals surface area contributed by atoms with Gasteiger partial charge in [0.15, 0.2) is 0 Å². The number of nitrogens with zero attached hydrogens (tertiary/aromatic N) is 1. The summed E-state index contributed by atoms with van der Waals surface area (Å²) in [6, 6.07) is 11.3.